The molecule has 0 radical (unpaired) electrons. The Morgan fingerprint density at radius 3 is 2.39 bits per heavy atom. The average Bonchev–Trinajstić information content (AvgIpc) is 3.22. The summed E-state index contributed by atoms with van der Waals surface area (Å²) in [7, 11) is 0. The number of amides is 1. The van der Waals surface area contributed by atoms with E-state index in [1.807, 2.05) is 85.1 Å². The van der Waals surface area contributed by atoms with E-state index in [1.54, 1.807) is 0 Å². The highest BCUT2D eigenvalue weighted by molar-refractivity contribution is 8.00. The van der Waals surface area contributed by atoms with Crippen molar-refractivity contribution >= 4 is 29.0 Å². The summed E-state index contributed by atoms with van der Waals surface area (Å²) in [5.41, 5.74) is 5.10. The van der Waals surface area contributed by atoms with Crippen LogP contribution < -0.4 is 10.6 Å². The number of rotatable bonds is 8. The van der Waals surface area contributed by atoms with E-state index in [-0.39, 0.29) is 11.2 Å². The van der Waals surface area contributed by atoms with Crippen molar-refractivity contribution in [2.75, 3.05) is 10.6 Å². The van der Waals surface area contributed by atoms with Gasteiger partial charge in [0.25, 0.3) is 0 Å². The highest BCUT2D eigenvalue weighted by Crippen LogP contribution is 2.27. The number of benzene rings is 3. The topological polar surface area (TPSA) is 71.8 Å². The third-order valence-electron chi connectivity index (χ3n) is 5.15. The molecule has 0 fully saturated rings. The third kappa shape index (κ3) is 5.81. The molecule has 0 spiro atoms. The second kappa shape index (κ2) is 10.4. The monoisotopic (exact) mass is 457 g/mol. The number of para-hydroxylation sites is 1. The molecule has 0 saturated carbocycles. The van der Waals surface area contributed by atoms with Crippen molar-refractivity contribution in [2.45, 2.75) is 37.7 Å². The predicted molar refractivity (Wildman–Crippen MR) is 135 cm³/mol. The van der Waals surface area contributed by atoms with E-state index < -0.39 is 0 Å². The van der Waals surface area contributed by atoms with Crippen LogP contribution in [-0.2, 0) is 11.3 Å². The van der Waals surface area contributed by atoms with Crippen molar-refractivity contribution in [3.05, 3.63) is 95.8 Å². The van der Waals surface area contributed by atoms with Crippen molar-refractivity contribution in [2.24, 2.45) is 0 Å². The van der Waals surface area contributed by atoms with Crippen molar-refractivity contribution in [3.8, 4) is 5.69 Å². The van der Waals surface area contributed by atoms with Gasteiger partial charge in [-0.15, -0.1) is 10.2 Å². The number of hydrogen-bond donors (Lipinski definition) is 2. The molecule has 168 valence electrons. The van der Waals surface area contributed by atoms with Gasteiger partial charge in [0.15, 0.2) is 11.0 Å². The van der Waals surface area contributed by atoms with Gasteiger partial charge in [0, 0.05) is 17.1 Å². The first-order valence-electron chi connectivity index (χ1n) is 10.8. The van der Waals surface area contributed by atoms with Gasteiger partial charge >= 0.3 is 0 Å². The highest BCUT2D eigenvalue weighted by Gasteiger charge is 2.21. The zero-order valence-electron chi connectivity index (χ0n) is 18.9. The van der Waals surface area contributed by atoms with Crippen molar-refractivity contribution < 1.29 is 4.79 Å². The Labute approximate surface area is 198 Å². The van der Waals surface area contributed by atoms with Crippen LogP contribution in [-0.4, -0.2) is 25.9 Å². The number of aromatic nitrogens is 3. The number of hydrogen-bond acceptors (Lipinski definition) is 5. The largest absolute Gasteiger partial charge is 0.378 e. The van der Waals surface area contributed by atoms with E-state index in [2.05, 4.69) is 39.9 Å². The molecule has 3 aromatic carbocycles. The van der Waals surface area contributed by atoms with Crippen LogP contribution in [0.4, 0.5) is 11.4 Å². The van der Waals surface area contributed by atoms with Gasteiger partial charge in [-0.25, -0.2) is 0 Å². The second-order valence-electron chi connectivity index (χ2n) is 7.91. The van der Waals surface area contributed by atoms with Crippen molar-refractivity contribution in [1.29, 1.82) is 0 Å². The molecule has 7 heteroatoms. The van der Waals surface area contributed by atoms with Crippen LogP contribution in [0.3, 0.4) is 0 Å². The first-order valence-corrected chi connectivity index (χ1v) is 11.7. The van der Waals surface area contributed by atoms with Crippen LogP contribution in [0.5, 0.6) is 0 Å². The molecule has 0 aliphatic carbocycles. The summed E-state index contributed by atoms with van der Waals surface area (Å²) in [6.07, 6.45) is 0. The minimum Gasteiger partial charge on any atom is -0.378 e. The van der Waals surface area contributed by atoms with Crippen LogP contribution in [0.25, 0.3) is 5.69 Å². The molecule has 1 heterocycles. The van der Waals surface area contributed by atoms with Gasteiger partial charge in [-0.2, -0.15) is 0 Å². The number of carbonyl (C=O) groups excluding carboxylic acids is 1. The molecule has 0 aliphatic rings. The SMILES string of the molecule is Cc1ccc(NC(=O)C(C)Sc2nnc(CNc3cccc(C)c3)n2-c2ccccc2)cc1. The summed E-state index contributed by atoms with van der Waals surface area (Å²) in [6.45, 7) is 6.47. The lowest BCUT2D eigenvalue weighted by Gasteiger charge is -2.14. The summed E-state index contributed by atoms with van der Waals surface area (Å²) >= 11 is 1.39. The first-order chi connectivity index (χ1) is 16.0. The molecule has 0 saturated heterocycles. The fourth-order valence-corrected chi connectivity index (χ4v) is 4.24. The Morgan fingerprint density at radius 2 is 1.67 bits per heavy atom. The molecule has 4 rings (SSSR count). The zero-order valence-corrected chi connectivity index (χ0v) is 19.8. The molecule has 0 aliphatic heterocycles. The van der Waals surface area contributed by atoms with Gasteiger partial charge < -0.3 is 10.6 Å². The van der Waals surface area contributed by atoms with E-state index >= 15 is 0 Å². The zero-order chi connectivity index (χ0) is 23.2. The molecule has 1 amide bonds. The van der Waals surface area contributed by atoms with Gasteiger partial charge in [0.2, 0.25) is 5.91 Å². The Bertz CT molecular complexity index is 1220. The molecular weight excluding hydrogens is 430 g/mol. The van der Waals surface area contributed by atoms with Gasteiger partial charge in [-0.3, -0.25) is 9.36 Å². The molecule has 33 heavy (non-hydrogen) atoms. The fourth-order valence-electron chi connectivity index (χ4n) is 3.36. The Morgan fingerprint density at radius 1 is 0.909 bits per heavy atom. The van der Waals surface area contributed by atoms with Crippen LogP contribution in [0.1, 0.15) is 23.9 Å². The number of nitrogens with zero attached hydrogens (tertiary/aromatic N) is 3. The smallest absolute Gasteiger partial charge is 0.237 e. The Hall–Kier alpha value is -3.58. The fraction of sp³-hybridized carbons (Fsp3) is 0.192. The quantitative estimate of drug-likeness (QED) is 0.336. The number of anilines is 2. The maximum absolute atomic E-state index is 12.8. The van der Waals surface area contributed by atoms with E-state index in [1.165, 1.54) is 17.3 Å². The van der Waals surface area contributed by atoms with Crippen molar-refractivity contribution in [1.82, 2.24) is 14.8 Å². The lowest BCUT2D eigenvalue weighted by molar-refractivity contribution is -0.115. The third-order valence-corrected chi connectivity index (χ3v) is 6.20. The minimum absolute atomic E-state index is 0.0779. The summed E-state index contributed by atoms with van der Waals surface area (Å²) in [5, 5.41) is 15.6. The number of carbonyl (C=O) groups is 1. The molecule has 1 atom stereocenters. The standard InChI is InChI=1S/C26H27N5OS/c1-18-12-14-21(15-13-18)28-25(32)20(3)33-26-30-29-24(31(26)23-10-5-4-6-11-23)17-27-22-9-7-8-19(2)16-22/h4-16,20,27H,17H2,1-3H3,(H,28,32). The normalized spacial score (nSPS) is 11.7. The van der Waals surface area contributed by atoms with Gasteiger partial charge in [-0.05, 0) is 62.7 Å². The molecule has 4 aromatic rings. The van der Waals surface area contributed by atoms with E-state index in [4.69, 9.17) is 0 Å². The molecule has 1 unspecified atom stereocenters. The lowest BCUT2D eigenvalue weighted by Crippen LogP contribution is -2.23. The molecule has 2 N–H and O–H groups in total. The van der Waals surface area contributed by atoms with Gasteiger partial charge in [0.05, 0.1) is 11.8 Å². The van der Waals surface area contributed by atoms with E-state index in [9.17, 15) is 4.79 Å². The summed E-state index contributed by atoms with van der Waals surface area (Å²) in [5.74, 6) is 0.697. The van der Waals surface area contributed by atoms with Crippen LogP contribution in [0, 0.1) is 13.8 Å². The van der Waals surface area contributed by atoms with E-state index in [0.29, 0.717) is 11.7 Å². The number of thioether (sulfide) groups is 1. The lowest BCUT2D eigenvalue weighted by atomic mass is 10.2. The average molecular weight is 458 g/mol. The van der Waals surface area contributed by atoms with Gasteiger partial charge in [-0.1, -0.05) is 59.8 Å². The molecule has 6 nitrogen and oxygen atoms in total. The minimum atomic E-state index is -0.351. The Kier molecular flexibility index (Phi) is 7.10. The molecule has 0 bridgehead atoms. The van der Waals surface area contributed by atoms with Crippen LogP contribution in [0.2, 0.25) is 0 Å². The van der Waals surface area contributed by atoms with Gasteiger partial charge in [0.1, 0.15) is 0 Å². The highest BCUT2D eigenvalue weighted by atomic mass is 32.2. The molecule has 1 aromatic heterocycles. The van der Waals surface area contributed by atoms with Crippen LogP contribution in [0.15, 0.2) is 84.0 Å². The van der Waals surface area contributed by atoms with Crippen molar-refractivity contribution in [3.63, 3.8) is 0 Å². The van der Waals surface area contributed by atoms with E-state index in [0.717, 1.165) is 28.5 Å². The molecular formula is C26H27N5OS. The Balaban J connectivity index is 1.53. The second-order valence-corrected chi connectivity index (χ2v) is 9.22. The predicted octanol–water partition coefficient (Wildman–Crippen LogP) is 5.62. The number of nitrogens with one attached hydrogen (secondary N) is 2. The van der Waals surface area contributed by atoms with Crippen LogP contribution >= 0.6 is 11.8 Å². The summed E-state index contributed by atoms with van der Waals surface area (Å²) in [4.78, 5) is 12.8. The summed E-state index contributed by atoms with van der Waals surface area (Å²) < 4.78 is 2.00. The first kappa shape index (κ1) is 22.6. The number of aryl methyl sites for hydroxylation is 2. The maximum Gasteiger partial charge on any atom is 0.237 e. The summed E-state index contributed by atoms with van der Waals surface area (Å²) in [6, 6.07) is 26.0. The maximum atomic E-state index is 12.8.